The van der Waals surface area contributed by atoms with Crippen LogP contribution in [-0.2, 0) is 9.59 Å². The number of para-hydroxylation sites is 1. The summed E-state index contributed by atoms with van der Waals surface area (Å²) >= 11 is 8.62. The SMILES string of the molecule is CC1=C(C(=O)Nc2ccccc2C)[C@@H](c2cccs2)C(C#N)=C(SCC(=O)Nc2ccc(Cl)cc2)N1. The van der Waals surface area contributed by atoms with Crippen LogP contribution in [0.25, 0.3) is 0 Å². The topological polar surface area (TPSA) is 94.0 Å². The molecule has 0 spiro atoms. The van der Waals surface area contributed by atoms with Crippen molar-refractivity contribution in [1.82, 2.24) is 5.32 Å². The molecule has 2 aromatic carbocycles. The van der Waals surface area contributed by atoms with Crippen LogP contribution >= 0.6 is 34.7 Å². The number of nitrogens with one attached hydrogen (secondary N) is 3. The lowest BCUT2D eigenvalue weighted by atomic mass is 9.86. The summed E-state index contributed by atoms with van der Waals surface area (Å²) in [4.78, 5) is 26.9. The third-order valence-electron chi connectivity index (χ3n) is 5.59. The summed E-state index contributed by atoms with van der Waals surface area (Å²) in [5.74, 6) is -0.941. The summed E-state index contributed by atoms with van der Waals surface area (Å²) in [5, 5.41) is 22.3. The van der Waals surface area contributed by atoms with Gasteiger partial charge in [-0.25, -0.2) is 0 Å². The minimum atomic E-state index is -0.540. The number of aryl methyl sites for hydroxylation is 1. The van der Waals surface area contributed by atoms with Gasteiger partial charge in [-0.15, -0.1) is 11.3 Å². The van der Waals surface area contributed by atoms with Crippen molar-refractivity contribution in [2.45, 2.75) is 19.8 Å². The van der Waals surface area contributed by atoms with E-state index in [4.69, 9.17) is 11.6 Å². The van der Waals surface area contributed by atoms with Gasteiger partial charge < -0.3 is 16.0 Å². The van der Waals surface area contributed by atoms with Gasteiger partial charge in [-0.1, -0.05) is 47.6 Å². The fourth-order valence-corrected chi connectivity index (χ4v) is 5.70. The van der Waals surface area contributed by atoms with Crippen molar-refractivity contribution < 1.29 is 9.59 Å². The number of thiophene rings is 1. The number of thioether (sulfide) groups is 1. The van der Waals surface area contributed by atoms with Gasteiger partial charge >= 0.3 is 0 Å². The molecule has 182 valence electrons. The van der Waals surface area contributed by atoms with Crippen molar-refractivity contribution >= 4 is 57.9 Å². The van der Waals surface area contributed by atoms with Crippen LogP contribution in [0.15, 0.2) is 87.9 Å². The van der Waals surface area contributed by atoms with Gasteiger partial charge in [-0.2, -0.15) is 5.26 Å². The van der Waals surface area contributed by atoms with Gasteiger partial charge in [0.05, 0.1) is 28.3 Å². The first-order chi connectivity index (χ1) is 17.4. The Kier molecular flexibility index (Phi) is 8.16. The van der Waals surface area contributed by atoms with Crippen molar-refractivity contribution in [1.29, 1.82) is 5.26 Å². The zero-order valence-electron chi connectivity index (χ0n) is 19.6. The summed E-state index contributed by atoms with van der Waals surface area (Å²) in [6.07, 6.45) is 0. The summed E-state index contributed by atoms with van der Waals surface area (Å²) < 4.78 is 0. The van der Waals surface area contributed by atoms with E-state index in [1.807, 2.05) is 55.6 Å². The Morgan fingerprint density at radius 2 is 1.83 bits per heavy atom. The van der Waals surface area contributed by atoms with E-state index in [0.717, 1.165) is 10.4 Å². The van der Waals surface area contributed by atoms with E-state index < -0.39 is 5.92 Å². The van der Waals surface area contributed by atoms with Crippen LogP contribution in [-0.4, -0.2) is 17.6 Å². The second-order valence-electron chi connectivity index (χ2n) is 8.08. The number of hydrogen-bond donors (Lipinski definition) is 3. The number of dihydropyridines is 1. The maximum absolute atomic E-state index is 13.5. The number of nitriles is 1. The van der Waals surface area contributed by atoms with Crippen molar-refractivity contribution in [3.63, 3.8) is 0 Å². The lowest BCUT2D eigenvalue weighted by Gasteiger charge is -2.29. The molecule has 9 heteroatoms. The highest BCUT2D eigenvalue weighted by Crippen LogP contribution is 2.42. The molecule has 36 heavy (non-hydrogen) atoms. The molecule has 0 radical (unpaired) electrons. The van der Waals surface area contributed by atoms with E-state index in [1.165, 1.54) is 23.1 Å². The number of hydrogen-bond acceptors (Lipinski definition) is 6. The van der Waals surface area contributed by atoms with E-state index in [9.17, 15) is 14.9 Å². The van der Waals surface area contributed by atoms with Gasteiger partial charge in [0.15, 0.2) is 0 Å². The maximum atomic E-state index is 13.5. The van der Waals surface area contributed by atoms with Gasteiger partial charge in [-0.05, 0) is 61.2 Å². The van der Waals surface area contributed by atoms with Gasteiger partial charge in [-0.3, -0.25) is 9.59 Å². The highest BCUT2D eigenvalue weighted by molar-refractivity contribution is 8.03. The molecule has 2 amide bonds. The van der Waals surface area contributed by atoms with Crippen LogP contribution in [0, 0.1) is 18.3 Å². The summed E-state index contributed by atoms with van der Waals surface area (Å²) in [7, 11) is 0. The molecule has 3 aromatic rings. The van der Waals surface area contributed by atoms with Crippen molar-refractivity contribution in [3.8, 4) is 6.07 Å². The zero-order chi connectivity index (χ0) is 25.7. The van der Waals surface area contributed by atoms with Crippen LogP contribution in [0.2, 0.25) is 5.02 Å². The second kappa shape index (κ2) is 11.5. The average Bonchev–Trinajstić information content (AvgIpc) is 3.39. The third kappa shape index (κ3) is 5.82. The van der Waals surface area contributed by atoms with E-state index in [2.05, 4.69) is 22.0 Å². The molecule has 1 aromatic heterocycles. The first-order valence-corrected chi connectivity index (χ1v) is 13.3. The zero-order valence-corrected chi connectivity index (χ0v) is 22.0. The molecule has 6 nitrogen and oxygen atoms in total. The average molecular weight is 535 g/mol. The second-order valence-corrected chi connectivity index (χ2v) is 10.5. The highest BCUT2D eigenvalue weighted by atomic mass is 35.5. The van der Waals surface area contributed by atoms with Gasteiger partial charge in [0.25, 0.3) is 5.91 Å². The number of benzene rings is 2. The van der Waals surface area contributed by atoms with Crippen molar-refractivity contribution in [3.05, 3.63) is 103 Å². The number of nitrogens with zero attached hydrogens (tertiary/aromatic N) is 1. The van der Waals surface area contributed by atoms with E-state index in [0.29, 0.717) is 38.3 Å². The van der Waals surface area contributed by atoms with Gasteiger partial charge in [0.2, 0.25) is 5.91 Å². The molecule has 0 saturated heterocycles. The molecule has 0 saturated carbocycles. The maximum Gasteiger partial charge on any atom is 0.254 e. The Balaban J connectivity index is 1.58. The Hall–Kier alpha value is -3.51. The molecule has 4 rings (SSSR count). The molecule has 1 aliphatic rings. The quantitative estimate of drug-likeness (QED) is 0.325. The van der Waals surface area contributed by atoms with Crippen LogP contribution in [0.4, 0.5) is 11.4 Å². The highest BCUT2D eigenvalue weighted by Gasteiger charge is 2.35. The fraction of sp³-hybridized carbons (Fsp3) is 0.148. The number of rotatable bonds is 7. The Labute approximate surface area is 223 Å². The Bertz CT molecular complexity index is 1390. The minimum absolute atomic E-state index is 0.0886. The number of carbonyl (C=O) groups excluding carboxylic acids is 2. The molecular weight excluding hydrogens is 512 g/mol. The van der Waals surface area contributed by atoms with Gasteiger partial charge in [0.1, 0.15) is 0 Å². The fourth-order valence-electron chi connectivity index (χ4n) is 3.84. The minimum Gasteiger partial charge on any atom is -0.353 e. The first kappa shape index (κ1) is 25.6. The van der Waals surface area contributed by atoms with Crippen LogP contribution in [0.3, 0.4) is 0 Å². The number of carbonyl (C=O) groups is 2. The van der Waals surface area contributed by atoms with Crippen molar-refractivity contribution in [2.24, 2.45) is 0 Å². The summed E-state index contributed by atoms with van der Waals surface area (Å²) in [6, 6.07) is 20.5. The molecular formula is C27H23ClN4O2S2. The third-order valence-corrected chi connectivity index (χ3v) is 7.79. The predicted molar refractivity (Wildman–Crippen MR) is 148 cm³/mol. The number of anilines is 2. The molecule has 0 unspecified atom stereocenters. The number of amides is 2. The van der Waals surface area contributed by atoms with Crippen LogP contribution < -0.4 is 16.0 Å². The standard InChI is InChI=1S/C27H23ClN4O2S2/c1-16-6-3-4-7-21(16)32-26(34)24-17(2)30-27(20(14-29)25(24)22-8-5-13-35-22)36-15-23(33)31-19-11-9-18(28)10-12-19/h3-13,25,30H,15H2,1-2H3,(H,31,33)(H,32,34)/t25-/m1/s1. The predicted octanol–water partition coefficient (Wildman–Crippen LogP) is 6.42. The molecule has 3 N–H and O–H groups in total. The van der Waals surface area contributed by atoms with E-state index >= 15 is 0 Å². The molecule has 1 aliphatic heterocycles. The molecule has 0 fully saturated rings. The monoisotopic (exact) mass is 534 g/mol. The normalized spacial score (nSPS) is 15.2. The number of allylic oxidation sites excluding steroid dienone is 2. The lowest BCUT2D eigenvalue weighted by Crippen LogP contribution is -2.31. The van der Waals surface area contributed by atoms with E-state index in [1.54, 1.807) is 24.3 Å². The molecule has 2 heterocycles. The van der Waals surface area contributed by atoms with Crippen molar-refractivity contribution in [2.75, 3.05) is 16.4 Å². The smallest absolute Gasteiger partial charge is 0.254 e. The van der Waals surface area contributed by atoms with E-state index in [-0.39, 0.29) is 17.6 Å². The molecule has 1 atom stereocenters. The summed E-state index contributed by atoms with van der Waals surface area (Å²) in [6.45, 7) is 3.74. The summed E-state index contributed by atoms with van der Waals surface area (Å²) in [5.41, 5.74) is 3.82. The lowest BCUT2D eigenvalue weighted by molar-refractivity contribution is -0.114. The largest absolute Gasteiger partial charge is 0.353 e. The first-order valence-electron chi connectivity index (χ1n) is 11.1. The molecule has 0 aliphatic carbocycles. The molecule has 0 bridgehead atoms. The van der Waals surface area contributed by atoms with Crippen LogP contribution in [0.1, 0.15) is 23.3 Å². The Morgan fingerprint density at radius 3 is 2.50 bits per heavy atom. The van der Waals surface area contributed by atoms with Crippen LogP contribution in [0.5, 0.6) is 0 Å². The van der Waals surface area contributed by atoms with Gasteiger partial charge in [0, 0.05) is 32.5 Å². The Morgan fingerprint density at radius 1 is 1.08 bits per heavy atom. The number of halogens is 1.